The van der Waals surface area contributed by atoms with Crippen molar-refractivity contribution in [3.63, 3.8) is 0 Å². The van der Waals surface area contributed by atoms with Crippen LogP contribution in [0.25, 0.3) is 0 Å². The maximum absolute atomic E-state index is 5.98. The molecule has 0 radical (unpaired) electrons. The Bertz CT molecular complexity index is 440. The van der Waals surface area contributed by atoms with E-state index in [4.69, 9.17) is 10.5 Å². The third kappa shape index (κ3) is 2.12. The highest BCUT2D eigenvalue weighted by Gasteiger charge is 2.25. The molecular formula is C11H16N4OS. The van der Waals surface area contributed by atoms with E-state index in [-0.39, 0.29) is 6.10 Å². The van der Waals surface area contributed by atoms with E-state index in [1.807, 2.05) is 11.8 Å². The fraction of sp³-hybridized carbons (Fsp3) is 0.636. The van der Waals surface area contributed by atoms with Gasteiger partial charge in [-0.25, -0.2) is 9.97 Å². The van der Waals surface area contributed by atoms with E-state index < -0.39 is 0 Å². The number of hydrogen-bond acceptors (Lipinski definition) is 6. The summed E-state index contributed by atoms with van der Waals surface area (Å²) in [6, 6.07) is 0. The molecule has 2 aliphatic heterocycles. The Balaban J connectivity index is 1.90. The summed E-state index contributed by atoms with van der Waals surface area (Å²) in [5.41, 5.74) is 8.19. The molecule has 0 amide bonds. The van der Waals surface area contributed by atoms with Crippen LogP contribution in [-0.4, -0.2) is 41.6 Å². The summed E-state index contributed by atoms with van der Waals surface area (Å²) in [6.07, 6.45) is -0.0352. The molecule has 3 rings (SSSR count). The van der Waals surface area contributed by atoms with Crippen LogP contribution in [0, 0.1) is 0 Å². The molecule has 92 valence electrons. The lowest BCUT2D eigenvalue weighted by Crippen LogP contribution is -2.36. The molecule has 1 aromatic heterocycles. The zero-order chi connectivity index (χ0) is 11.8. The summed E-state index contributed by atoms with van der Waals surface area (Å²) in [5.74, 6) is 3.26. The Morgan fingerprint density at radius 1 is 1.41 bits per heavy atom. The van der Waals surface area contributed by atoms with Crippen molar-refractivity contribution in [2.24, 2.45) is 0 Å². The highest BCUT2D eigenvalue weighted by molar-refractivity contribution is 7.98. The van der Waals surface area contributed by atoms with Crippen LogP contribution in [0.2, 0.25) is 0 Å². The first-order valence-corrected chi connectivity index (χ1v) is 6.92. The second kappa shape index (κ2) is 4.44. The standard InChI is InChI=1S/C11H16N4OS/c1-15-2-3-16-9(4-15)11-13-8-6-17-5-7(8)10(12)14-11/h9H,2-6H2,1H3,(H2,12,13,14). The molecular weight excluding hydrogens is 236 g/mol. The molecule has 1 atom stereocenters. The highest BCUT2D eigenvalue weighted by Crippen LogP contribution is 2.32. The molecule has 2 N–H and O–H groups in total. The van der Waals surface area contributed by atoms with Crippen LogP contribution >= 0.6 is 11.8 Å². The molecule has 1 fully saturated rings. The van der Waals surface area contributed by atoms with Gasteiger partial charge in [0, 0.05) is 30.2 Å². The monoisotopic (exact) mass is 252 g/mol. The van der Waals surface area contributed by atoms with E-state index in [0.29, 0.717) is 5.82 Å². The molecule has 0 aliphatic carbocycles. The minimum absolute atomic E-state index is 0.0352. The lowest BCUT2D eigenvalue weighted by Gasteiger charge is -2.29. The Labute approximate surface area is 105 Å². The van der Waals surface area contributed by atoms with Crippen molar-refractivity contribution in [1.82, 2.24) is 14.9 Å². The number of anilines is 1. The van der Waals surface area contributed by atoms with E-state index in [9.17, 15) is 0 Å². The second-order valence-electron chi connectivity index (χ2n) is 4.51. The highest BCUT2D eigenvalue weighted by atomic mass is 32.2. The molecule has 1 aromatic rings. The van der Waals surface area contributed by atoms with Gasteiger partial charge in [-0.05, 0) is 7.05 Å². The van der Waals surface area contributed by atoms with Crippen molar-refractivity contribution >= 4 is 17.6 Å². The first kappa shape index (κ1) is 11.3. The first-order chi connectivity index (χ1) is 8.24. The van der Waals surface area contributed by atoms with Gasteiger partial charge in [0.1, 0.15) is 11.9 Å². The Morgan fingerprint density at radius 2 is 2.29 bits per heavy atom. The normalized spacial score (nSPS) is 24.9. The number of fused-ring (bicyclic) bond motifs is 1. The average Bonchev–Trinajstić information content (AvgIpc) is 2.77. The van der Waals surface area contributed by atoms with Crippen molar-refractivity contribution in [2.75, 3.05) is 32.5 Å². The van der Waals surface area contributed by atoms with Gasteiger partial charge < -0.3 is 15.4 Å². The predicted octanol–water partition coefficient (Wildman–Crippen LogP) is 0.809. The van der Waals surface area contributed by atoms with Gasteiger partial charge in [0.25, 0.3) is 0 Å². The molecule has 1 unspecified atom stereocenters. The maximum atomic E-state index is 5.98. The smallest absolute Gasteiger partial charge is 0.161 e. The molecule has 1 saturated heterocycles. The van der Waals surface area contributed by atoms with Crippen molar-refractivity contribution in [3.05, 3.63) is 17.1 Å². The van der Waals surface area contributed by atoms with Gasteiger partial charge in [0.05, 0.1) is 12.3 Å². The first-order valence-electron chi connectivity index (χ1n) is 5.77. The fourth-order valence-corrected chi connectivity index (χ4v) is 3.23. The molecule has 0 saturated carbocycles. The van der Waals surface area contributed by atoms with Gasteiger partial charge in [-0.2, -0.15) is 11.8 Å². The van der Waals surface area contributed by atoms with E-state index >= 15 is 0 Å². The van der Waals surface area contributed by atoms with Crippen LogP contribution in [0.3, 0.4) is 0 Å². The molecule has 2 aliphatic rings. The molecule has 6 heteroatoms. The zero-order valence-corrected chi connectivity index (χ0v) is 10.7. The van der Waals surface area contributed by atoms with Gasteiger partial charge >= 0.3 is 0 Å². The number of nitrogen functional groups attached to an aromatic ring is 1. The van der Waals surface area contributed by atoms with E-state index in [2.05, 4.69) is 21.9 Å². The molecule has 0 aromatic carbocycles. The summed E-state index contributed by atoms with van der Waals surface area (Å²) >= 11 is 1.84. The summed E-state index contributed by atoms with van der Waals surface area (Å²) in [6.45, 7) is 2.54. The van der Waals surface area contributed by atoms with Crippen LogP contribution in [0.1, 0.15) is 23.2 Å². The van der Waals surface area contributed by atoms with Gasteiger partial charge in [0.15, 0.2) is 5.82 Å². The number of thioether (sulfide) groups is 1. The molecule has 5 nitrogen and oxygen atoms in total. The number of aromatic nitrogens is 2. The molecule has 0 spiro atoms. The zero-order valence-electron chi connectivity index (χ0n) is 9.85. The fourth-order valence-electron chi connectivity index (χ4n) is 2.17. The summed E-state index contributed by atoms with van der Waals surface area (Å²) in [5, 5.41) is 0. The van der Waals surface area contributed by atoms with Crippen LogP contribution < -0.4 is 5.73 Å². The molecule has 17 heavy (non-hydrogen) atoms. The van der Waals surface area contributed by atoms with Crippen molar-refractivity contribution in [3.8, 4) is 0 Å². The third-order valence-electron chi connectivity index (χ3n) is 3.18. The van der Waals surface area contributed by atoms with Crippen molar-refractivity contribution < 1.29 is 4.74 Å². The quantitative estimate of drug-likeness (QED) is 0.798. The third-order valence-corrected chi connectivity index (χ3v) is 4.16. The predicted molar refractivity (Wildman–Crippen MR) is 67.6 cm³/mol. The Morgan fingerprint density at radius 3 is 3.12 bits per heavy atom. The maximum Gasteiger partial charge on any atom is 0.161 e. The Hall–Kier alpha value is -0.850. The van der Waals surface area contributed by atoms with Crippen LogP contribution in [0.5, 0.6) is 0 Å². The topological polar surface area (TPSA) is 64.3 Å². The van der Waals surface area contributed by atoms with Crippen LogP contribution in [0.4, 0.5) is 5.82 Å². The minimum atomic E-state index is -0.0352. The van der Waals surface area contributed by atoms with E-state index in [1.54, 1.807) is 0 Å². The van der Waals surface area contributed by atoms with E-state index in [0.717, 1.165) is 48.3 Å². The van der Waals surface area contributed by atoms with Gasteiger partial charge in [-0.1, -0.05) is 0 Å². The number of nitrogens with zero attached hydrogens (tertiary/aromatic N) is 3. The van der Waals surface area contributed by atoms with Crippen molar-refractivity contribution in [2.45, 2.75) is 17.6 Å². The van der Waals surface area contributed by atoms with Crippen LogP contribution in [0.15, 0.2) is 0 Å². The SMILES string of the molecule is CN1CCOC(c2nc(N)c3c(n2)CSC3)C1. The molecule has 3 heterocycles. The number of ether oxygens (including phenoxy) is 1. The summed E-state index contributed by atoms with van der Waals surface area (Å²) in [4.78, 5) is 11.2. The summed E-state index contributed by atoms with van der Waals surface area (Å²) < 4.78 is 5.72. The molecule has 0 bridgehead atoms. The summed E-state index contributed by atoms with van der Waals surface area (Å²) in [7, 11) is 2.09. The van der Waals surface area contributed by atoms with Crippen LogP contribution in [-0.2, 0) is 16.2 Å². The van der Waals surface area contributed by atoms with Gasteiger partial charge in [-0.3, -0.25) is 0 Å². The number of hydrogen-bond donors (Lipinski definition) is 1. The average molecular weight is 252 g/mol. The second-order valence-corrected chi connectivity index (χ2v) is 5.49. The minimum Gasteiger partial charge on any atom is -0.383 e. The lowest BCUT2D eigenvalue weighted by molar-refractivity contribution is -0.0255. The number of morpholine rings is 1. The number of rotatable bonds is 1. The Kier molecular flexibility index (Phi) is 2.94. The lowest BCUT2D eigenvalue weighted by atomic mass is 10.2. The van der Waals surface area contributed by atoms with Crippen molar-refractivity contribution in [1.29, 1.82) is 0 Å². The van der Waals surface area contributed by atoms with Gasteiger partial charge in [-0.15, -0.1) is 0 Å². The largest absolute Gasteiger partial charge is 0.383 e. The van der Waals surface area contributed by atoms with Gasteiger partial charge in [0.2, 0.25) is 0 Å². The number of nitrogens with two attached hydrogens (primary N) is 1. The van der Waals surface area contributed by atoms with E-state index in [1.165, 1.54) is 0 Å². The number of likely N-dealkylation sites (N-methyl/N-ethyl adjacent to an activating group) is 1.